The Kier molecular flexibility index (Phi) is 2.54. The van der Waals surface area contributed by atoms with Crippen molar-refractivity contribution in [3.8, 4) is 0 Å². The highest BCUT2D eigenvalue weighted by atomic mass is 16.7. The van der Waals surface area contributed by atoms with Gasteiger partial charge in [0.1, 0.15) is 19.2 Å². The van der Waals surface area contributed by atoms with Gasteiger partial charge < -0.3 is 9.47 Å². The fraction of sp³-hybridized carbons (Fsp3) is 0.667. The van der Waals surface area contributed by atoms with Gasteiger partial charge in [-0.05, 0) is 13.8 Å². The molecule has 1 fully saturated rings. The minimum Gasteiger partial charge on any atom is -0.341 e. The maximum absolute atomic E-state index is 11.8. The van der Waals surface area contributed by atoms with Crippen LogP contribution in [0.15, 0.2) is 12.7 Å². The molecule has 0 aromatic carbocycles. The van der Waals surface area contributed by atoms with Crippen LogP contribution in [0.2, 0.25) is 0 Å². The molecule has 0 bridgehead atoms. The summed E-state index contributed by atoms with van der Waals surface area (Å²) < 4.78 is 12.2. The van der Waals surface area contributed by atoms with Crippen molar-refractivity contribution < 1.29 is 14.3 Å². The highest BCUT2D eigenvalue weighted by Gasteiger charge is 2.42. The molecule has 2 unspecified atom stereocenters. The third kappa shape index (κ3) is 2.05. The molecule has 6 heteroatoms. The zero-order valence-corrected chi connectivity index (χ0v) is 8.71. The van der Waals surface area contributed by atoms with Crippen LogP contribution in [0.1, 0.15) is 13.8 Å². The topological polar surface area (TPSA) is 66.2 Å². The molecule has 0 saturated carbocycles. The van der Waals surface area contributed by atoms with Crippen LogP contribution >= 0.6 is 0 Å². The van der Waals surface area contributed by atoms with Gasteiger partial charge in [0.15, 0.2) is 0 Å². The smallest absolute Gasteiger partial charge is 0.228 e. The van der Waals surface area contributed by atoms with Crippen LogP contribution in [-0.2, 0) is 20.8 Å². The lowest BCUT2D eigenvalue weighted by molar-refractivity contribution is -0.178. The van der Waals surface area contributed by atoms with Gasteiger partial charge in [0.05, 0.1) is 12.7 Å². The van der Waals surface area contributed by atoms with E-state index in [1.807, 2.05) is 6.92 Å². The Labute approximate surface area is 87.2 Å². The highest BCUT2D eigenvalue weighted by molar-refractivity contribution is 5.85. The van der Waals surface area contributed by atoms with Gasteiger partial charge in [-0.2, -0.15) is 5.10 Å². The standard InChI is InChI=1S/C9H13N3O3/c1-7-4-14-9(2,15-7)8(13)3-12-6-10-5-11-12/h5-7H,3-4H2,1-2H3. The van der Waals surface area contributed by atoms with Gasteiger partial charge in [-0.3, -0.25) is 4.79 Å². The molecule has 0 radical (unpaired) electrons. The fourth-order valence-electron chi connectivity index (χ4n) is 1.48. The summed E-state index contributed by atoms with van der Waals surface area (Å²) in [6.07, 6.45) is 2.82. The molecule has 15 heavy (non-hydrogen) atoms. The number of hydrogen-bond donors (Lipinski definition) is 0. The summed E-state index contributed by atoms with van der Waals surface area (Å²) in [4.78, 5) is 15.6. The molecular weight excluding hydrogens is 198 g/mol. The molecular formula is C9H13N3O3. The molecule has 1 aliphatic heterocycles. The molecule has 6 nitrogen and oxygen atoms in total. The van der Waals surface area contributed by atoms with E-state index in [0.29, 0.717) is 6.61 Å². The van der Waals surface area contributed by atoms with Gasteiger partial charge in [0, 0.05) is 0 Å². The van der Waals surface area contributed by atoms with E-state index in [2.05, 4.69) is 10.1 Å². The van der Waals surface area contributed by atoms with Gasteiger partial charge >= 0.3 is 0 Å². The number of ketones is 1. The van der Waals surface area contributed by atoms with E-state index in [1.54, 1.807) is 6.92 Å². The van der Waals surface area contributed by atoms with Crippen LogP contribution in [0.5, 0.6) is 0 Å². The van der Waals surface area contributed by atoms with Crippen molar-refractivity contribution in [1.82, 2.24) is 14.8 Å². The molecule has 2 atom stereocenters. The number of nitrogens with zero attached hydrogens (tertiary/aromatic N) is 3. The van der Waals surface area contributed by atoms with Gasteiger partial charge in [-0.15, -0.1) is 0 Å². The minimum absolute atomic E-state index is 0.0466. The molecule has 0 aliphatic carbocycles. The Morgan fingerprint density at radius 2 is 2.53 bits per heavy atom. The molecule has 1 aromatic heterocycles. The maximum atomic E-state index is 11.8. The van der Waals surface area contributed by atoms with E-state index in [9.17, 15) is 4.79 Å². The summed E-state index contributed by atoms with van der Waals surface area (Å²) in [5.41, 5.74) is 0. The predicted octanol–water partition coefficient (Wildman–Crippen LogP) is -0.00130. The summed E-state index contributed by atoms with van der Waals surface area (Å²) in [7, 11) is 0. The lowest BCUT2D eigenvalue weighted by Gasteiger charge is -2.20. The van der Waals surface area contributed by atoms with Crippen LogP contribution in [-0.4, -0.2) is 39.0 Å². The lowest BCUT2D eigenvalue weighted by Crippen LogP contribution is -2.39. The SMILES string of the molecule is CC1COC(C)(C(=O)Cn2cncn2)O1. The normalized spacial score (nSPS) is 30.7. The van der Waals surface area contributed by atoms with Gasteiger partial charge in [-0.1, -0.05) is 0 Å². The summed E-state index contributed by atoms with van der Waals surface area (Å²) in [6, 6.07) is 0. The molecule has 2 rings (SSSR count). The van der Waals surface area contributed by atoms with Gasteiger partial charge in [0.25, 0.3) is 0 Å². The number of hydrogen-bond acceptors (Lipinski definition) is 5. The number of aromatic nitrogens is 3. The highest BCUT2D eigenvalue weighted by Crippen LogP contribution is 2.24. The summed E-state index contributed by atoms with van der Waals surface area (Å²) in [6.45, 7) is 4.06. The first-order valence-electron chi connectivity index (χ1n) is 4.77. The third-order valence-electron chi connectivity index (χ3n) is 2.30. The van der Waals surface area contributed by atoms with Crippen molar-refractivity contribution in [3.63, 3.8) is 0 Å². The molecule has 1 aliphatic rings. The van der Waals surface area contributed by atoms with Crippen molar-refractivity contribution in [2.45, 2.75) is 32.3 Å². The average molecular weight is 211 g/mol. The molecule has 1 aromatic rings. The van der Waals surface area contributed by atoms with Gasteiger partial charge in [0.2, 0.25) is 11.6 Å². The minimum atomic E-state index is -1.13. The molecule has 82 valence electrons. The van der Waals surface area contributed by atoms with Crippen LogP contribution in [0, 0.1) is 0 Å². The van der Waals surface area contributed by atoms with Crippen molar-refractivity contribution >= 4 is 5.78 Å². The van der Waals surface area contributed by atoms with Crippen molar-refractivity contribution in [2.75, 3.05) is 6.61 Å². The van der Waals surface area contributed by atoms with E-state index in [4.69, 9.17) is 9.47 Å². The maximum Gasteiger partial charge on any atom is 0.228 e. The number of carbonyl (C=O) groups excluding carboxylic acids is 1. The second-order valence-electron chi connectivity index (χ2n) is 3.70. The van der Waals surface area contributed by atoms with Crippen molar-refractivity contribution in [3.05, 3.63) is 12.7 Å². The van der Waals surface area contributed by atoms with Crippen LogP contribution in [0.3, 0.4) is 0 Å². The number of rotatable bonds is 3. The second-order valence-corrected chi connectivity index (χ2v) is 3.70. The molecule has 0 amide bonds. The van der Waals surface area contributed by atoms with Crippen molar-refractivity contribution in [1.29, 1.82) is 0 Å². The molecule has 1 saturated heterocycles. The largest absolute Gasteiger partial charge is 0.341 e. The van der Waals surface area contributed by atoms with Crippen LogP contribution < -0.4 is 0 Å². The second kappa shape index (κ2) is 3.71. The van der Waals surface area contributed by atoms with Crippen LogP contribution in [0.4, 0.5) is 0 Å². The lowest BCUT2D eigenvalue weighted by atomic mass is 10.2. The van der Waals surface area contributed by atoms with E-state index < -0.39 is 5.79 Å². The predicted molar refractivity (Wildman–Crippen MR) is 49.9 cm³/mol. The summed E-state index contributed by atoms with van der Waals surface area (Å²) in [5, 5.41) is 3.85. The van der Waals surface area contributed by atoms with E-state index in [1.165, 1.54) is 17.3 Å². The third-order valence-corrected chi connectivity index (χ3v) is 2.30. The van der Waals surface area contributed by atoms with Crippen molar-refractivity contribution in [2.24, 2.45) is 0 Å². The molecule has 2 heterocycles. The number of ether oxygens (including phenoxy) is 2. The number of carbonyl (C=O) groups is 1. The first-order valence-corrected chi connectivity index (χ1v) is 4.77. The molecule has 0 spiro atoms. The zero-order valence-electron chi connectivity index (χ0n) is 8.71. The monoisotopic (exact) mass is 211 g/mol. The summed E-state index contributed by atoms with van der Waals surface area (Å²) >= 11 is 0. The Morgan fingerprint density at radius 1 is 1.73 bits per heavy atom. The Morgan fingerprint density at radius 3 is 3.07 bits per heavy atom. The summed E-state index contributed by atoms with van der Waals surface area (Å²) in [5.74, 6) is -1.29. The average Bonchev–Trinajstić information content (AvgIpc) is 2.77. The van der Waals surface area contributed by atoms with E-state index >= 15 is 0 Å². The van der Waals surface area contributed by atoms with E-state index in [-0.39, 0.29) is 18.4 Å². The van der Waals surface area contributed by atoms with Gasteiger partial charge in [-0.25, -0.2) is 9.67 Å². The Bertz CT molecular complexity index is 351. The van der Waals surface area contributed by atoms with E-state index in [0.717, 1.165) is 0 Å². The quantitative estimate of drug-likeness (QED) is 0.704. The zero-order chi connectivity index (χ0) is 10.9. The fourth-order valence-corrected chi connectivity index (χ4v) is 1.48. The Balaban J connectivity index is 2.02. The Hall–Kier alpha value is -1.27. The molecule has 0 N–H and O–H groups in total. The number of Topliss-reactive ketones (excluding diaryl/α,β-unsaturated/α-hetero) is 1. The first-order chi connectivity index (χ1) is 7.10. The first kappa shape index (κ1) is 10.3. The van der Waals surface area contributed by atoms with Crippen LogP contribution in [0.25, 0.3) is 0 Å².